The lowest BCUT2D eigenvalue weighted by Gasteiger charge is -2.37. The second kappa shape index (κ2) is 6.00. The van der Waals surface area contributed by atoms with Crippen LogP contribution in [0.1, 0.15) is 58.3 Å². The second-order valence-electron chi connectivity index (χ2n) is 7.07. The van der Waals surface area contributed by atoms with E-state index in [1.807, 2.05) is 12.5 Å². The third-order valence-corrected chi connectivity index (χ3v) is 8.19. The molecule has 3 aliphatic rings. The van der Waals surface area contributed by atoms with Crippen molar-refractivity contribution in [3.05, 3.63) is 12.5 Å². The van der Waals surface area contributed by atoms with E-state index in [0.29, 0.717) is 17.8 Å². The summed E-state index contributed by atoms with van der Waals surface area (Å²) in [5.74, 6) is 2.71. The van der Waals surface area contributed by atoms with Crippen molar-refractivity contribution >= 4 is 21.9 Å². The van der Waals surface area contributed by atoms with Crippen molar-refractivity contribution in [2.24, 2.45) is 22.7 Å². The fourth-order valence-corrected chi connectivity index (χ4v) is 7.11. The van der Waals surface area contributed by atoms with Crippen LogP contribution in [0.2, 0.25) is 0 Å². The predicted molar refractivity (Wildman–Crippen MR) is 92.8 cm³/mol. The molecule has 4 rings (SSSR count). The summed E-state index contributed by atoms with van der Waals surface area (Å²) in [7, 11) is 0. The molecule has 1 aromatic rings. The first kappa shape index (κ1) is 14.8. The quantitative estimate of drug-likeness (QED) is 0.805. The second-order valence-corrected chi connectivity index (χ2v) is 9.18. The van der Waals surface area contributed by atoms with Crippen molar-refractivity contribution in [2.75, 3.05) is 0 Å². The van der Waals surface area contributed by atoms with Gasteiger partial charge in [0.1, 0.15) is 11.8 Å². The summed E-state index contributed by atoms with van der Waals surface area (Å²) in [6, 6.07) is 0. The van der Waals surface area contributed by atoms with E-state index < -0.39 is 11.1 Å². The van der Waals surface area contributed by atoms with E-state index in [1.54, 1.807) is 0 Å². The Kier molecular flexibility index (Phi) is 4.03. The van der Waals surface area contributed by atoms with Gasteiger partial charge < -0.3 is 5.11 Å². The van der Waals surface area contributed by atoms with E-state index in [-0.39, 0.29) is 5.44 Å². The van der Waals surface area contributed by atoms with Gasteiger partial charge in [0.05, 0.1) is 11.2 Å². The van der Waals surface area contributed by atoms with E-state index in [1.165, 1.54) is 50.0 Å². The van der Waals surface area contributed by atoms with E-state index in [2.05, 4.69) is 15.9 Å². The molecule has 0 bridgehead atoms. The molecule has 2 aliphatic carbocycles. The summed E-state index contributed by atoms with van der Waals surface area (Å²) in [6.45, 7) is 2.25. The molecule has 5 heteroatoms. The van der Waals surface area contributed by atoms with Crippen LogP contribution in [0.5, 0.6) is 0 Å². The number of nitrogens with zero attached hydrogens (tertiary/aromatic N) is 3. The van der Waals surface area contributed by atoms with Gasteiger partial charge in [0.15, 0.2) is 5.82 Å². The minimum Gasteiger partial charge on any atom is -0.382 e. The van der Waals surface area contributed by atoms with Gasteiger partial charge in [-0.15, -0.1) is 11.1 Å². The number of hydrogen-bond acceptors (Lipinski definition) is 3. The summed E-state index contributed by atoms with van der Waals surface area (Å²) in [5.41, 5.74) is -0.252. The highest BCUT2D eigenvalue weighted by Gasteiger charge is 2.42. The minimum atomic E-state index is -0.736. The summed E-state index contributed by atoms with van der Waals surface area (Å²) >= 11 is -0.736. The summed E-state index contributed by atoms with van der Waals surface area (Å²) in [5, 5.41) is 12.6. The number of hydrogen-bond donors (Lipinski definition) is 2. The van der Waals surface area contributed by atoms with Gasteiger partial charge in [0.25, 0.3) is 0 Å². The first-order chi connectivity index (χ1) is 10.8. The molecule has 0 amide bonds. The minimum absolute atomic E-state index is 0.252. The lowest BCUT2D eigenvalue weighted by atomic mass is 9.79. The maximum Gasteiger partial charge on any atom is 0.162 e. The Bertz CT molecular complexity index is 560. The van der Waals surface area contributed by atoms with E-state index in [0.717, 1.165) is 12.2 Å². The Hall–Kier alpha value is -0.810. The van der Waals surface area contributed by atoms with Crippen molar-refractivity contribution in [1.82, 2.24) is 8.96 Å². The fourth-order valence-electron chi connectivity index (χ4n) is 4.22. The van der Waals surface area contributed by atoms with Crippen LogP contribution in [0, 0.1) is 17.8 Å². The summed E-state index contributed by atoms with van der Waals surface area (Å²) < 4.78 is 2.18. The Morgan fingerprint density at radius 1 is 1.27 bits per heavy atom. The van der Waals surface area contributed by atoms with Crippen LogP contribution in [0.4, 0.5) is 5.82 Å². The highest BCUT2D eigenvalue weighted by molar-refractivity contribution is 8.29. The highest BCUT2D eigenvalue weighted by atomic mass is 32.2. The molecule has 1 aromatic heterocycles. The predicted octanol–water partition coefficient (Wildman–Crippen LogP) is 4.03. The number of aromatic nitrogens is 2. The number of thiol groups is 1. The van der Waals surface area contributed by atoms with Crippen LogP contribution in [0.25, 0.3) is 0 Å². The Morgan fingerprint density at radius 2 is 2.05 bits per heavy atom. The van der Waals surface area contributed by atoms with Crippen LogP contribution in [0.3, 0.4) is 0 Å². The molecular formula is C17H27N3OS. The topological polar surface area (TPSA) is 50.4 Å². The Morgan fingerprint density at radius 3 is 2.73 bits per heavy atom. The lowest BCUT2D eigenvalue weighted by Crippen LogP contribution is -2.32. The van der Waals surface area contributed by atoms with Gasteiger partial charge in [-0.2, -0.15) is 0 Å². The molecule has 0 aromatic carbocycles. The van der Waals surface area contributed by atoms with Crippen LogP contribution < -0.4 is 0 Å². The third kappa shape index (κ3) is 2.52. The van der Waals surface area contributed by atoms with Crippen molar-refractivity contribution < 1.29 is 5.11 Å². The molecular weight excluding hydrogens is 294 g/mol. The average Bonchev–Trinajstić information content (AvgIpc) is 3.17. The maximum absolute atomic E-state index is 11.3. The van der Waals surface area contributed by atoms with E-state index in [4.69, 9.17) is 4.99 Å². The monoisotopic (exact) mass is 321 g/mol. The average molecular weight is 321 g/mol. The molecule has 0 spiro atoms. The van der Waals surface area contributed by atoms with Crippen molar-refractivity contribution in [3.8, 4) is 0 Å². The molecule has 0 radical (unpaired) electrons. The molecule has 2 fully saturated rings. The maximum atomic E-state index is 11.3. The van der Waals surface area contributed by atoms with Crippen molar-refractivity contribution in [2.45, 2.75) is 63.7 Å². The van der Waals surface area contributed by atoms with Crippen LogP contribution in [0.15, 0.2) is 17.5 Å². The van der Waals surface area contributed by atoms with Gasteiger partial charge in [-0.3, -0.25) is 3.97 Å². The molecule has 22 heavy (non-hydrogen) atoms. The number of imidazole rings is 1. The third-order valence-electron chi connectivity index (χ3n) is 5.60. The van der Waals surface area contributed by atoms with Gasteiger partial charge in [0, 0.05) is 5.92 Å². The number of fused-ring (bicyclic) bond motifs is 1. The fraction of sp³-hybridized carbons (Fsp3) is 0.765. The zero-order valence-corrected chi connectivity index (χ0v) is 14.3. The van der Waals surface area contributed by atoms with E-state index in [9.17, 15) is 5.11 Å². The molecule has 2 saturated carbocycles. The van der Waals surface area contributed by atoms with Crippen LogP contribution in [-0.2, 0) is 0 Å². The first-order valence-corrected chi connectivity index (χ1v) is 10.2. The van der Waals surface area contributed by atoms with Gasteiger partial charge in [-0.05, 0) is 31.1 Å². The molecule has 3 unspecified atom stereocenters. The Balaban J connectivity index is 1.59. The van der Waals surface area contributed by atoms with Crippen LogP contribution in [-0.4, -0.2) is 24.5 Å². The zero-order chi connectivity index (χ0) is 15.1. The van der Waals surface area contributed by atoms with E-state index >= 15 is 0 Å². The highest BCUT2D eigenvalue weighted by Crippen LogP contribution is 2.54. The summed E-state index contributed by atoms with van der Waals surface area (Å²) in [4.78, 5) is 9.07. The van der Waals surface area contributed by atoms with Gasteiger partial charge in [-0.1, -0.05) is 39.0 Å². The lowest BCUT2D eigenvalue weighted by molar-refractivity contribution is 0.117. The number of aliphatic hydroxyl groups excluding tert-OH is 1. The molecule has 122 valence electrons. The van der Waals surface area contributed by atoms with Crippen molar-refractivity contribution in [1.29, 1.82) is 0 Å². The summed E-state index contributed by atoms with van der Waals surface area (Å²) in [6.07, 6.45) is 14.0. The molecule has 1 N–H and O–H groups in total. The molecule has 2 heterocycles. The van der Waals surface area contributed by atoms with Gasteiger partial charge >= 0.3 is 0 Å². The molecule has 0 saturated heterocycles. The first-order valence-electron chi connectivity index (χ1n) is 8.88. The van der Waals surface area contributed by atoms with Gasteiger partial charge in [0.2, 0.25) is 0 Å². The van der Waals surface area contributed by atoms with Crippen LogP contribution >= 0.6 is 11.1 Å². The Labute approximate surface area is 135 Å². The van der Waals surface area contributed by atoms with Gasteiger partial charge in [-0.25, -0.2) is 9.98 Å². The molecule has 3 atom stereocenters. The number of aliphatic hydroxyl groups is 1. The number of aliphatic imine (C=N–C) groups is 1. The molecule has 4 nitrogen and oxygen atoms in total. The largest absolute Gasteiger partial charge is 0.382 e. The SMILES string of the molecule is CCC(C1CCCCC1)C(O)[SH]1C(C2CC2)=Nc2cncn21. The van der Waals surface area contributed by atoms with Crippen molar-refractivity contribution in [3.63, 3.8) is 0 Å². The zero-order valence-electron chi connectivity index (χ0n) is 13.4. The standard InChI is InChI=1S/C17H27N3OS/c1-2-14(12-6-4-3-5-7-12)17(21)22-16(13-8-9-13)19-15-10-18-11-20(15)22/h10-14,17,21-22H,2-9H2,1H3. The smallest absolute Gasteiger partial charge is 0.162 e. The molecule has 1 aliphatic heterocycles. The normalized spacial score (nSPS) is 29.9. The number of rotatable bonds is 5.